The average Bonchev–Trinajstić information content (AvgIpc) is 3.24. The van der Waals surface area contributed by atoms with Crippen LogP contribution in [0.4, 0.5) is 4.39 Å². The van der Waals surface area contributed by atoms with Crippen LogP contribution in [-0.2, 0) is 9.59 Å². The first-order chi connectivity index (χ1) is 15.1. The molecule has 0 spiro atoms. The molecule has 5 atom stereocenters. The molecule has 4 saturated heterocycles. The molecule has 0 bridgehead atoms. The van der Waals surface area contributed by atoms with Crippen LogP contribution < -0.4 is 21.3 Å². The van der Waals surface area contributed by atoms with Gasteiger partial charge in [-0.3, -0.25) is 9.59 Å². The molecule has 4 heterocycles. The van der Waals surface area contributed by atoms with Crippen LogP contribution in [0.1, 0.15) is 57.8 Å². The number of rotatable bonds is 7. The summed E-state index contributed by atoms with van der Waals surface area (Å²) in [5, 5.41) is 13.1. The van der Waals surface area contributed by atoms with Crippen molar-refractivity contribution in [1.82, 2.24) is 26.2 Å². The van der Waals surface area contributed by atoms with E-state index in [0.717, 1.165) is 71.2 Å². The molecule has 5 unspecified atom stereocenters. The number of alkyl halides is 1. The summed E-state index contributed by atoms with van der Waals surface area (Å²) in [6.07, 6.45) is 7.78. The molecule has 2 amide bonds. The molecule has 7 nitrogen and oxygen atoms in total. The van der Waals surface area contributed by atoms with Crippen molar-refractivity contribution >= 4 is 11.8 Å². The highest BCUT2D eigenvalue weighted by Gasteiger charge is 2.38. The number of hydrogen-bond donors (Lipinski definition) is 4. The van der Waals surface area contributed by atoms with Gasteiger partial charge in [0.25, 0.3) is 0 Å². The predicted molar refractivity (Wildman–Crippen MR) is 118 cm³/mol. The summed E-state index contributed by atoms with van der Waals surface area (Å²) in [6, 6.07) is 0.289. The first kappa shape index (κ1) is 22.9. The number of hydrogen-bond acceptors (Lipinski definition) is 5. The van der Waals surface area contributed by atoms with Crippen LogP contribution in [0, 0.1) is 11.8 Å². The average molecular weight is 438 g/mol. The number of likely N-dealkylation sites (tertiary alicyclic amines) is 1. The zero-order chi connectivity index (χ0) is 21.6. The van der Waals surface area contributed by atoms with Crippen molar-refractivity contribution < 1.29 is 14.0 Å². The molecule has 4 aliphatic heterocycles. The summed E-state index contributed by atoms with van der Waals surface area (Å²) >= 11 is 0. The summed E-state index contributed by atoms with van der Waals surface area (Å²) in [4.78, 5) is 27.0. The number of carbonyl (C=O) groups excluding carboxylic acids is 2. The Morgan fingerprint density at radius 3 is 2.58 bits per heavy atom. The molecule has 0 aromatic carbocycles. The van der Waals surface area contributed by atoms with Crippen LogP contribution >= 0.6 is 0 Å². The third-order valence-electron chi connectivity index (χ3n) is 7.79. The highest BCUT2D eigenvalue weighted by molar-refractivity contribution is 5.82. The predicted octanol–water partition coefficient (Wildman–Crippen LogP) is 0.942. The van der Waals surface area contributed by atoms with Gasteiger partial charge >= 0.3 is 0 Å². The summed E-state index contributed by atoms with van der Waals surface area (Å²) in [5.41, 5.74) is 0. The van der Waals surface area contributed by atoms with E-state index < -0.39 is 6.17 Å². The lowest BCUT2D eigenvalue weighted by Gasteiger charge is -2.36. The maximum atomic E-state index is 13.3. The first-order valence-electron chi connectivity index (χ1n) is 12.5. The molecule has 4 N–H and O–H groups in total. The normalized spacial score (nSPS) is 34.4. The maximum Gasteiger partial charge on any atom is 0.239 e. The van der Waals surface area contributed by atoms with Gasteiger partial charge in [-0.1, -0.05) is 12.8 Å². The molecule has 0 saturated carbocycles. The van der Waals surface area contributed by atoms with Gasteiger partial charge in [0, 0.05) is 32.2 Å². The molecule has 0 aliphatic carbocycles. The molecule has 31 heavy (non-hydrogen) atoms. The van der Waals surface area contributed by atoms with Crippen LogP contribution in [0.25, 0.3) is 0 Å². The topological polar surface area (TPSA) is 85.5 Å². The van der Waals surface area contributed by atoms with Crippen LogP contribution in [0.15, 0.2) is 0 Å². The van der Waals surface area contributed by atoms with Crippen LogP contribution in [0.3, 0.4) is 0 Å². The third kappa shape index (κ3) is 6.17. The van der Waals surface area contributed by atoms with Crippen molar-refractivity contribution in [3.8, 4) is 0 Å². The van der Waals surface area contributed by atoms with Crippen LogP contribution in [0.5, 0.6) is 0 Å². The molecule has 0 aromatic rings. The Hall–Kier alpha value is -1.25. The van der Waals surface area contributed by atoms with E-state index in [0.29, 0.717) is 37.3 Å². The SMILES string of the molecule is O=C(NCCCCC1CCN(C(=O)C2CCC(F)CN2)CC1)C1CC2CNCCC2N1. The number of nitrogens with zero attached hydrogens (tertiary/aromatic N) is 1. The molecule has 176 valence electrons. The minimum Gasteiger partial charge on any atom is -0.355 e. The second-order valence-corrected chi connectivity index (χ2v) is 10.0. The highest BCUT2D eigenvalue weighted by atomic mass is 19.1. The van der Waals surface area contributed by atoms with Crippen molar-refractivity contribution in [1.29, 1.82) is 0 Å². The van der Waals surface area contributed by atoms with E-state index in [1.807, 2.05) is 4.90 Å². The standard InChI is InChI=1S/C23H40FN5O2/c24-18-4-5-20(27-15-18)23(31)29-11-7-16(8-12-29)3-1-2-9-26-22(30)21-13-17-14-25-10-6-19(17)28-21/h16-21,25,27-28H,1-15H2,(H,26,30). The van der Waals surface area contributed by atoms with E-state index in [-0.39, 0.29) is 23.9 Å². The number of halogens is 1. The van der Waals surface area contributed by atoms with Gasteiger partial charge in [0.05, 0.1) is 12.1 Å². The molecular weight excluding hydrogens is 397 g/mol. The summed E-state index contributed by atoms with van der Waals surface area (Å²) in [6.45, 7) is 4.78. The summed E-state index contributed by atoms with van der Waals surface area (Å²) < 4.78 is 13.3. The molecule has 0 radical (unpaired) electrons. The van der Waals surface area contributed by atoms with Crippen molar-refractivity contribution in [3.05, 3.63) is 0 Å². The van der Waals surface area contributed by atoms with Crippen molar-refractivity contribution in [3.63, 3.8) is 0 Å². The minimum atomic E-state index is -0.810. The van der Waals surface area contributed by atoms with Gasteiger partial charge in [-0.15, -0.1) is 0 Å². The van der Waals surface area contributed by atoms with Gasteiger partial charge < -0.3 is 26.2 Å². The number of unbranched alkanes of at least 4 members (excludes halogenated alkanes) is 1. The number of amides is 2. The fourth-order valence-corrected chi connectivity index (χ4v) is 5.79. The van der Waals surface area contributed by atoms with Crippen molar-refractivity contribution in [2.45, 2.75) is 82.1 Å². The Morgan fingerprint density at radius 2 is 1.84 bits per heavy atom. The summed E-state index contributed by atoms with van der Waals surface area (Å²) in [5.74, 6) is 1.58. The lowest BCUT2D eigenvalue weighted by molar-refractivity contribution is -0.135. The van der Waals surface area contributed by atoms with Gasteiger partial charge in [0.2, 0.25) is 11.8 Å². The Balaban J connectivity index is 1.05. The van der Waals surface area contributed by atoms with Crippen molar-refractivity contribution in [2.75, 3.05) is 39.3 Å². The first-order valence-corrected chi connectivity index (χ1v) is 12.5. The number of fused-ring (bicyclic) bond motifs is 1. The van der Waals surface area contributed by atoms with E-state index in [4.69, 9.17) is 0 Å². The molecule has 4 fully saturated rings. The fraction of sp³-hybridized carbons (Fsp3) is 0.913. The summed E-state index contributed by atoms with van der Waals surface area (Å²) in [7, 11) is 0. The van der Waals surface area contributed by atoms with E-state index in [1.54, 1.807) is 0 Å². The lowest BCUT2D eigenvalue weighted by atomic mass is 9.91. The molecule has 8 heteroatoms. The number of carbonyl (C=O) groups is 2. The number of nitrogens with one attached hydrogen (secondary N) is 4. The smallest absolute Gasteiger partial charge is 0.239 e. The van der Waals surface area contributed by atoms with E-state index in [2.05, 4.69) is 21.3 Å². The van der Waals surface area contributed by atoms with E-state index in [9.17, 15) is 14.0 Å². The van der Waals surface area contributed by atoms with Crippen LogP contribution in [-0.4, -0.2) is 80.3 Å². The minimum absolute atomic E-state index is 0.0220. The zero-order valence-electron chi connectivity index (χ0n) is 18.7. The van der Waals surface area contributed by atoms with Crippen LogP contribution in [0.2, 0.25) is 0 Å². The Morgan fingerprint density at radius 1 is 1.00 bits per heavy atom. The van der Waals surface area contributed by atoms with Gasteiger partial charge in [0.15, 0.2) is 0 Å². The maximum absolute atomic E-state index is 13.3. The molecular formula is C23H40FN5O2. The Bertz CT molecular complexity index is 591. The quantitative estimate of drug-likeness (QED) is 0.446. The molecule has 4 aliphatic rings. The largest absolute Gasteiger partial charge is 0.355 e. The monoisotopic (exact) mass is 437 g/mol. The van der Waals surface area contributed by atoms with Gasteiger partial charge in [-0.05, 0) is 69.9 Å². The second-order valence-electron chi connectivity index (χ2n) is 10.0. The van der Waals surface area contributed by atoms with Gasteiger partial charge in [0.1, 0.15) is 6.17 Å². The fourth-order valence-electron chi connectivity index (χ4n) is 5.79. The second kappa shape index (κ2) is 11.1. The zero-order valence-corrected chi connectivity index (χ0v) is 18.7. The highest BCUT2D eigenvalue weighted by Crippen LogP contribution is 2.25. The Labute approximate surface area is 185 Å². The third-order valence-corrected chi connectivity index (χ3v) is 7.79. The Kier molecular flexibility index (Phi) is 8.18. The molecule has 4 rings (SSSR count). The van der Waals surface area contributed by atoms with E-state index >= 15 is 0 Å². The van der Waals surface area contributed by atoms with Gasteiger partial charge in [-0.25, -0.2) is 4.39 Å². The number of piperidine rings is 3. The molecule has 0 aromatic heterocycles. The van der Waals surface area contributed by atoms with E-state index in [1.165, 1.54) is 6.42 Å². The van der Waals surface area contributed by atoms with Crippen molar-refractivity contribution in [2.24, 2.45) is 11.8 Å². The lowest BCUT2D eigenvalue weighted by Crippen LogP contribution is -2.52. The van der Waals surface area contributed by atoms with Gasteiger partial charge in [-0.2, -0.15) is 0 Å².